The molecular weight excluding hydrogens is 705 g/mol. The normalized spacial score (nSPS) is 11.6. The van der Waals surface area contributed by atoms with Crippen molar-refractivity contribution in [1.29, 1.82) is 0 Å². The van der Waals surface area contributed by atoms with Crippen molar-refractivity contribution in [3.8, 4) is 22.5 Å². The van der Waals surface area contributed by atoms with Gasteiger partial charge < -0.3 is 14.2 Å². The lowest BCUT2D eigenvalue weighted by molar-refractivity contribution is 0.126. The zero-order chi connectivity index (χ0) is 37.2. The second-order valence-electron chi connectivity index (χ2n) is 14.6. The van der Waals surface area contributed by atoms with Crippen molar-refractivity contribution < 1.29 is 5.11 Å². The van der Waals surface area contributed by atoms with Gasteiger partial charge >= 0.3 is 0 Å². The molecule has 0 fully saturated rings. The molecule has 0 aliphatic heterocycles. The van der Waals surface area contributed by atoms with E-state index >= 15 is 0 Å². The van der Waals surface area contributed by atoms with E-state index in [4.69, 9.17) is 0 Å². The molecule has 0 amide bonds. The first-order chi connectivity index (χ1) is 27.7. The van der Waals surface area contributed by atoms with E-state index in [0.717, 1.165) is 72.0 Å². The van der Waals surface area contributed by atoms with E-state index in [0.29, 0.717) is 0 Å². The Bertz CT molecular complexity index is 3010. The molecule has 0 atom stereocenters. The van der Waals surface area contributed by atoms with Gasteiger partial charge in [0.2, 0.25) is 0 Å². The average Bonchev–Trinajstić information content (AvgIpc) is 3.79. The molecule has 0 unspecified atom stereocenters. The first-order valence-electron chi connectivity index (χ1n) is 19.2. The maximum absolute atomic E-state index is 14.1. The van der Waals surface area contributed by atoms with Crippen molar-refractivity contribution in [3.63, 3.8) is 0 Å². The molecule has 3 heteroatoms. The van der Waals surface area contributed by atoms with Crippen LogP contribution in [-0.4, -0.2) is 14.2 Å². The lowest BCUT2D eigenvalue weighted by Crippen LogP contribution is -2.30. The second-order valence-corrected chi connectivity index (χ2v) is 14.6. The lowest BCUT2D eigenvalue weighted by Gasteiger charge is -2.33. The number of benzene rings is 9. The maximum Gasteiger partial charge on any atom is 0.141 e. The quantitative estimate of drug-likeness (QED) is 0.169. The molecule has 280 valence electrons. The Balaban J connectivity index is 0.00000218. The van der Waals surface area contributed by atoms with Crippen LogP contribution in [0, 0.1) is 0 Å². The largest absolute Gasteiger partial charge is 0.376 e. The molecule has 0 radical (unpaired) electrons. The Labute approximate surface area is 339 Å². The lowest BCUT2D eigenvalue weighted by atomic mass is 9.75. The van der Waals surface area contributed by atoms with Crippen LogP contribution in [0.5, 0.6) is 0 Å². The molecule has 58 heavy (non-hydrogen) atoms. The molecule has 0 bridgehead atoms. The summed E-state index contributed by atoms with van der Waals surface area (Å²) in [6.45, 7) is 0. The fourth-order valence-corrected chi connectivity index (χ4v) is 9.11. The van der Waals surface area contributed by atoms with Gasteiger partial charge in [0, 0.05) is 38.5 Å². The highest BCUT2D eigenvalue weighted by Crippen LogP contribution is 2.46. The Kier molecular flexibility index (Phi) is 9.04. The van der Waals surface area contributed by atoms with Gasteiger partial charge in [0.15, 0.2) is 0 Å². The third kappa shape index (κ3) is 5.47. The van der Waals surface area contributed by atoms with E-state index in [1.54, 1.807) is 0 Å². The number of hydrogen-bond acceptors (Lipinski definition) is 1. The summed E-state index contributed by atoms with van der Waals surface area (Å²) in [7, 11) is 0. The van der Waals surface area contributed by atoms with Gasteiger partial charge in [-0.15, -0.1) is 0 Å². The highest BCUT2D eigenvalue weighted by Gasteiger charge is 2.37. The van der Waals surface area contributed by atoms with Crippen LogP contribution in [0.25, 0.3) is 76.9 Å². The van der Waals surface area contributed by atoms with Crippen LogP contribution in [0.3, 0.4) is 0 Å². The van der Waals surface area contributed by atoms with E-state index in [1.165, 1.54) is 21.5 Å². The van der Waals surface area contributed by atoms with Crippen LogP contribution in [0.1, 0.15) is 31.5 Å². The topological polar surface area (TPSA) is 30.1 Å². The van der Waals surface area contributed by atoms with E-state index in [2.05, 4.69) is 215 Å². The number of fused-ring (bicyclic) bond motifs is 7. The molecular formula is C55H44N2O. The maximum atomic E-state index is 14.1. The number of aromatic nitrogens is 2. The van der Waals surface area contributed by atoms with Crippen molar-refractivity contribution in [2.24, 2.45) is 0 Å². The second kappa shape index (κ2) is 14.4. The molecule has 0 aliphatic rings. The number of para-hydroxylation sites is 4. The van der Waals surface area contributed by atoms with Crippen LogP contribution >= 0.6 is 0 Å². The van der Waals surface area contributed by atoms with Gasteiger partial charge in [0.25, 0.3) is 0 Å². The van der Waals surface area contributed by atoms with Crippen LogP contribution in [-0.2, 0) is 5.60 Å². The summed E-state index contributed by atoms with van der Waals surface area (Å²) in [5, 5.41) is 21.1. The van der Waals surface area contributed by atoms with Crippen molar-refractivity contribution >= 4 is 54.4 Å². The summed E-state index contributed by atoms with van der Waals surface area (Å²) in [4.78, 5) is 0. The zero-order valence-corrected chi connectivity index (χ0v) is 30.5. The minimum absolute atomic E-state index is 0. The molecule has 0 aliphatic carbocycles. The molecule has 9 aromatic carbocycles. The predicted octanol–water partition coefficient (Wildman–Crippen LogP) is 14.3. The molecule has 0 saturated heterocycles. The van der Waals surface area contributed by atoms with Crippen LogP contribution < -0.4 is 0 Å². The number of aliphatic hydroxyl groups is 1. The molecule has 11 rings (SSSR count). The fraction of sp³-hybridized carbons (Fsp3) is 0.0545. The summed E-state index contributed by atoms with van der Waals surface area (Å²) >= 11 is 0. The van der Waals surface area contributed by atoms with Gasteiger partial charge in [-0.3, -0.25) is 0 Å². The van der Waals surface area contributed by atoms with Gasteiger partial charge in [0.1, 0.15) is 5.60 Å². The Morgan fingerprint density at radius 2 is 0.741 bits per heavy atom. The molecule has 1 N–H and O–H groups in total. The van der Waals surface area contributed by atoms with Gasteiger partial charge in [-0.1, -0.05) is 179 Å². The van der Waals surface area contributed by atoms with Crippen LogP contribution in [0.15, 0.2) is 212 Å². The molecule has 3 nitrogen and oxygen atoms in total. The summed E-state index contributed by atoms with van der Waals surface area (Å²) in [6, 6.07) is 74.5. The Morgan fingerprint density at radius 1 is 0.345 bits per heavy atom. The van der Waals surface area contributed by atoms with Gasteiger partial charge in [-0.2, -0.15) is 0 Å². The first kappa shape index (κ1) is 36.4. The third-order valence-electron chi connectivity index (χ3n) is 11.6. The van der Waals surface area contributed by atoms with Crippen molar-refractivity contribution in [2.45, 2.75) is 20.5 Å². The number of nitrogens with zero attached hydrogens (tertiary/aromatic N) is 2. The van der Waals surface area contributed by atoms with E-state index in [9.17, 15) is 5.11 Å². The minimum Gasteiger partial charge on any atom is -0.376 e. The van der Waals surface area contributed by atoms with E-state index in [-0.39, 0.29) is 14.9 Å². The zero-order valence-electron chi connectivity index (χ0n) is 30.5. The molecule has 0 saturated carbocycles. The van der Waals surface area contributed by atoms with Gasteiger partial charge in [-0.05, 0) is 81.6 Å². The predicted molar refractivity (Wildman–Crippen MR) is 247 cm³/mol. The molecule has 0 spiro atoms. The standard InChI is InChI=1S/C53H36N2O.2CH4/c56-53(47-33-32-36-16-4-5-23-42(36)52(47)37-17-2-1-3-18-37,38-19-14-21-40(34-38)54-48-28-10-6-24-43(48)44-25-7-11-29-49(44)54)39-20-15-22-41(35-39)55-50-30-12-8-26-45(50)46-27-9-13-31-51(46)55;;/h1-35,56H;2*1H4. The SMILES string of the molecule is C.C.OC(c1cccc(-n2c3ccccc3c3ccccc32)c1)(c1cccc(-n2c3ccccc3c3ccccc32)c1)c1ccc2ccccc2c1-c1ccccc1. The highest BCUT2D eigenvalue weighted by atomic mass is 16.3. The summed E-state index contributed by atoms with van der Waals surface area (Å²) in [6.07, 6.45) is 0. The average molecular weight is 749 g/mol. The smallest absolute Gasteiger partial charge is 0.141 e. The van der Waals surface area contributed by atoms with Crippen molar-refractivity contribution in [1.82, 2.24) is 9.13 Å². The molecule has 11 aromatic rings. The van der Waals surface area contributed by atoms with Gasteiger partial charge in [-0.25, -0.2) is 0 Å². The minimum atomic E-state index is -1.57. The van der Waals surface area contributed by atoms with E-state index < -0.39 is 5.60 Å². The summed E-state index contributed by atoms with van der Waals surface area (Å²) < 4.78 is 4.64. The fourth-order valence-electron chi connectivity index (χ4n) is 9.11. The molecule has 2 aromatic heterocycles. The highest BCUT2D eigenvalue weighted by molar-refractivity contribution is 6.10. The van der Waals surface area contributed by atoms with Crippen molar-refractivity contribution in [2.75, 3.05) is 0 Å². The van der Waals surface area contributed by atoms with E-state index in [1.807, 2.05) is 6.07 Å². The third-order valence-corrected chi connectivity index (χ3v) is 11.6. The Hall–Kier alpha value is -7.20. The number of hydrogen-bond donors (Lipinski definition) is 1. The van der Waals surface area contributed by atoms with Crippen LogP contribution in [0.4, 0.5) is 0 Å². The van der Waals surface area contributed by atoms with Crippen molar-refractivity contribution in [3.05, 3.63) is 229 Å². The van der Waals surface area contributed by atoms with Gasteiger partial charge in [0.05, 0.1) is 22.1 Å². The summed E-state index contributed by atoms with van der Waals surface area (Å²) in [5.74, 6) is 0. The Morgan fingerprint density at radius 3 is 1.21 bits per heavy atom. The van der Waals surface area contributed by atoms with Crippen LogP contribution in [0.2, 0.25) is 0 Å². The molecule has 2 heterocycles. The number of rotatable bonds is 6. The first-order valence-corrected chi connectivity index (χ1v) is 19.2. The monoisotopic (exact) mass is 748 g/mol. The summed E-state index contributed by atoms with van der Waals surface area (Å²) in [5.41, 5.74) is 9.34.